The molecular weight excluding hydrogens is 395 g/mol. The first-order valence-electron chi connectivity index (χ1n) is 10.5. The first-order chi connectivity index (χ1) is 15.0. The summed E-state index contributed by atoms with van der Waals surface area (Å²) in [4.78, 5) is 6.35. The van der Waals surface area contributed by atoms with E-state index in [0.29, 0.717) is 43.3 Å². The predicted octanol–water partition coefficient (Wildman–Crippen LogP) is 4.32. The fourth-order valence-electron chi connectivity index (χ4n) is 3.86. The maximum atomic E-state index is 14.6. The largest absolute Gasteiger partial charge is 0.372 e. The maximum Gasteiger partial charge on any atom is 0.253 e. The summed E-state index contributed by atoms with van der Waals surface area (Å²) in [5.74, 6) is 0.532. The van der Waals surface area contributed by atoms with Crippen molar-refractivity contribution in [2.75, 3.05) is 13.1 Å². The van der Waals surface area contributed by atoms with Crippen molar-refractivity contribution in [2.45, 2.75) is 38.9 Å². The Bertz CT molecular complexity index is 1040. The van der Waals surface area contributed by atoms with E-state index in [1.165, 1.54) is 0 Å². The molecule has 3 aromatic rings. The number of aromatic nitrogens is 1. The van der Waals surface area contributed by atoms with Crippen LogP contribution in [0.5, 0.6) is 0 Å². The topological polar surface area (TPSA) is 76.9 Å². The second-order valence-corrected chi connectivity index (χ2v) is 7.97. The zero-order valence-corrected chi connectivity index (χ0v) is 17.8. The molecule has 6 nitrogen and oxygen atoms in total. The third-order valence-corrected chi connectivity index (χ3v) is 5.30. The molecule has 0 radical (unpaired) electrons. The first kappa shape index (κ1) is 21.1. The third-order valence-electron chi connectivity index (χ3n) is 5.30. The van der Waals surface area contributed by atoms with Crippen LogP contribution < -0.4 is 5.73 Å². The predicted molar refractivity (Wildman–Crippen MR) is 119 cm³/mol. The fraction of sp³-hybridized carbons (Fsp3) is 0.333. The quantitative estimate of drug-likeness (QED) is 0.489. The van der Waals surface area contributed by atoms with E-state index in [1.807, 2.05) is 61.2 Å². The summed E-state index contributed by atoms with van der Waals surface area (Å²) in [6.45, 7) is 5.39. The lowest BCUT2D eigenvalue weighted by Gasteiger charge is -2.35. The zero-order valence-electron chi connectivity index (χ0n) is 17.8. The lowest BCUT2D eigenvalue weighted by molar-refractivity contribution is -0.0483. The van der Waals surface area contributed by atoms with Crippen LogP contribution in [0.4, 0.5) is 10.3 Å². The average molecular weight is 423 g/mol. The molecule has 2 atom stereocenters. The van der Waals surface area contributed by atoms with E-state index in [4.69, 9.17) is 15.0 Å². The van der Waals surface area contributed by atoms with Crippen molar-refractivity contribution in [2.24, 2.45) is 10.7 Å². The normalized spacial score (nSPS) is 19.6. The monoisotopic (exact) mass is 422 g/mol. The number of morpholine rings is 1. The second-order valence-electron chi connectivity index (χ2n) is 7.97. The molecule has 2 aromatic carbocycles. The summed E-state index contributed by atoms with van der Waals surface area (Å²) in [5.41, 5.74) is 9.27. The minimum absolute atomic E-state index is 0.0939. The van der Waals surface area contributed by atoms with E-state index >= 15 is 0 Å². The van der Waals surface area contributed by atoms with Gasteiger partial charge in [0.2, 0.25) is 0 Å². The van der Waals surface area contributed by atoms with Crippen molar-refractivity contribution in [1.82, 2.24) is 10.1 Å². The van der Waals surface area contributed by atoms with Gasteiger partial charge in [-0.3, -0.25) is 0 Å². The van der Waals surface area contributed by atoms with Gasteiger partial charge < -0.3 is 19.9 Å². The molecule has 1 saturated heterocycles. The molecular formula is C24H27FN4O2. The Labute approximate surface area is 181 Å². The molecule has 2 heterocycles. The summed E-state index contributed by atoms with van der Waals surface area (Å²) in [5, 5.41) is 4.07. The number of aryl methyl sites for hydroxylation is 2. The van der Waals surface area contributed by atoms with Gasteiger partial charge in [0.15, 0.2) is 5.96 Å². The van der Waals surface area contributed by atoms with E-state index in [2.05, 4.69) is 10.1 Å². The molecule has 0 aliphatic carbocycles. The van der Waals surface area contributed by atoms with Crippen LogP contribution in [0.15, 0.2) is 64.1 Å². The highest BCUT2D eigenvalue weighted by atomic mass is 19.1. The number of rotatable bonds is 5. The highest BCUT2D eigenvalue weighted by Crippen LogP contribution is 2.24. The minimum atomic E-state index is -0.226. The molecule has 2 unspecified atom stereocenters. The molecule has 0 amide bonds. The third kappa shape index (κ3) is 5.30. The van der Waals surface area contributed by atoms with Crippen molar-refractivity contribution < 1.29 is 13.7 Å². The number of aliphatic imine (C=N–C) groups is 1. The van der Waals surface area contributed by atoms with Crippen molar-refractivity contribution >= 4 is 11.8 Å². The molecule has 0 spiro atoms. The van der Waals surface area contributed by atoms with Gasteiger partial charge in [-0.05, 0) is 43.9 Å². The Balaban J connectivity index is 1.38. The molecule has 7 heteroatoms. The smallest absolute Gasteiger partial charge is 0.253 e. The molecule has 31 heavy (non-hydrogen) atoms. The van der Waals surface area contributed by atoms with Gasteiger partial charge in [-0.1, -0.05) is 47.6 Å². The molecule has 2 N–H and O–H groups in total. The van der Waals surface area contributed by atoms with Crippen molar-refractivity contribution in [3.8, 4) is 11.1 Å². The average Bonchev–Trinajstić information content (AvgIpc) is 3.19. The second kappa shape index (κ2) is 9.31. The lowest BCUT2D eigenvalue weighted by atomic mass is 10.0. The fourth-order valence-corrected chi connectivity index (χ4v) is 3.86. The minimum Gasteiger partial charge on any atom is -0.372 e. The summed E-state index contributed by atoms with van der Waals surface area (Å²) >= 11 is 0. The Morgan fingerprint density at radius 3 is 2.55 bits per heavy atom. The van der Waals surface area contributed by atoms with E-state index in [-0.39, 0.29) is 18.0 Å². The number of hydrogen-bond acceptors (Lipinski definition) is 4. The van der Waals surface area contributed by atoms with Crippen LogP contribution in [0.1, 0.15) is 25.1 Å². The summed E-state index contributed by atoms with van der Waals surface area (Å²) in [7, 11) is 0. The highest BCUT2D eigenvalue weighted by Gasteiger charge is 2.23. The Morgan fingerprint density at radius 1 is 1.10 bits per heavy atom. The first-order valence-corrected chi connectivity index (χ1v) is 10.5. The van der Waals surface area contributed by atoms with Gasteiger partial charge in [0, 0.05) is 24.7 Å². The van der Waals surface area contributed by atoms with Crippen LogP contribution in [0.3, 0.4) is 0 Å². The molecule has 0 bridgehead atoms. The Kier molecular flexibility index (Phi) is 6.32. The number of hydrogen-bond donors (Lipinski definition) is 1. The lowest BCUT2D eigenvalue weighted by Crippen LogP contribution is -2.50. The zero-order chi connectivity index (χ0) is 21.8. The molecule has 1 aliphatic heterocycles. The van der Waals surface area contributed by atoms with E-state index in [1.54, 1.807) is 12.1 Å². The van der Waals surface area contributed by atoms with Crippen LogP contribution in [-0.2, 0) is 17.6 Å². The number of halogens is 1. The van der Waals surface area contributed by atoms with Crippen LogP contribution in [0.25, 0.3) is 11.1 Å². The van der Waals surface area contributed by atoms with Gasteiger partial charge in [-0.2, -0.15) is 4.99 Å². The van der Waals surface area contributed by atoms with E-state index in [9.17, 15) is 4.39 Å². The SMILES string of the molecule is CC1CN(C(N)=Nc2cc(CCc3ccc(-c4ccccc4)c(F)c3)no2)CC(C)O1. The molecule has 4 rings (SSSR count). The standard InChI is InChI=1S/C24H27FN4O2/c1-16-14-29(15-17(2)30-16)24(26)27-23-13-20(28-31-23)10-8-18-9-11-21(22(25)12-18)19-6-4-3-5-7-19/h3-7,9,11-13,16-17H,8,10,14-15H2,1-2H3,(H2,26,27). The van der Waals surface area contributed by atoms with Gasteiger partial charge in [-0.15, -0.1) is 0 Å². The Morgan fingerprint density at radius 2 is 1.84 bits per heavy atom. The number of ether oxygens (including phenoxy) is 1. The van der Waals surface area contributed by atoms with Gasteiger partial charge >= 0.3 is 0 Å². The van der Waals surface area contributed by atoms with Crippen LogP contribution >= 0.6 is 0 Å². The van der Waals surface area contributed by atoms with Crippen molar-refractivity contribution in [3.05, 3.63) is 71.7 Å². The van der Waals surface area contributed by atoms with Gasteiger partial charge in [-0.25, -0.2) is 4.39 Å². The molecule has 162 valence electrons. The van der Waals surface area contributed by atoms with Gasteiger partial charge in [0.05, 0.1) is 17.9 Å². The van der Waals surface area contributed by atoms with Crippen LogP contribution in [0, 0.1) is 5.82 Å². The highest BCUT2D eigenvalue weighted by molar-refractivity contribution is 5.80. The van der Waals surface area contributed by atoms with E-state index < -0.39 is 0 Å². The van der Waals surface area contributed by atoms with Gasteiger partial charge in [0.1, 0.15) is 5.82 Å². The van der Waals surface area contributed by atoms with E-state index in [0.717, 1.165) is 16.8 Å². The maximum absolute atomic E-state index is 14.6. The van der Waals surface area contributed by atoms with Gasteiger partial charge in [0.25, 0.3) is 5.88 Å². The molecule has 1 aliphatic rings. The van der Waals surface area contributed by atoms with Crippen molar-refractivity contribution in [3.63, 3.8) is 0 Å². The number of guanidine groups is 1. The molecule has 1 fully saturated rings. The number of benzene rings is 2. The molecule has 1 aromatic heterocycles. The Hall–Kier alpha value is -3.19. The van der Waals surface area contributed by atoms with Crippen LogP contribution in [-0.4, -0.2) is 41.3 Å². The number of nitrogens with two attached hydrogens (primary N) is 1. The molecule has 0 saturated carbocycles. The summed E-state index contributed by atoms with van der Waals surface area (Å²) in [6.07, 6.45) is 1.46. The summed E-state index contributed by atoms with van der Waals surface area (Å²) in [6, 6.07) is 16.7. The number of nitrogens with zero attached hydrogens (tertiary/aromatic N) is 3. The van der Waals surface area contributed by atoms with Crippen molar-refractivity contribution in [1.29, 1.82) is 0 Å². The van der Waals surface area contributed by atoms with Crippen LogP contribution in [0.2, 0.25) is 0 Å². The summed E-state index contributed by atoms with van der Waals surface area (Å²) < 4.78 is 25.6.